The summed E-state index contributed by atoms with van der Waals surface area (Å²) in [5, 5.41) is 13.3. The molecule has 11 nitrogen and oxygen atoms in total. The van der Waals surface area contributed by atoms with Gasteiger partial charge in [-0.2, -0.15) is 0 Å². The Morgan fingerprint density at radius 2 is 1.98 bits per heavy atom. The predicted molar refractivity (Wildman–Crippen MR) is 151 cm³/mol. The van der Waals surface area contributed by atoms with Gasteiger partial charge >= 0.3 is 6.16 Å². The molecule has 1 atom stereocenters. The molecule has 4 N–H and O–H groups in total. The highest BCUT2D eigenvalue weighted by atomic mass is 35.5. The Hall–Kier alpha value is -3.41. The molecule has 1 aromatic carbocycles. The highest BCUT2D eigenvalue weighted by Crippen LogP contribution is 2.51. The van der Waals surface area contributed by atoms with Gasteiger partial charge in [0.2, 0.25) is 0 Å². The van der Waals surface area contributed by atoms with Crippen LogP contribution in [0.4, 0.5) is 10.6 Å². The van der Waals surface area contributed by atoms with Crippen molar-refractivity contribution in [3.8, 4) is 17.1 Å². The average Bonchev–Trinajstić information content (AvgIpc) is 2.85. The second kappa shape index (κ2) is 12.0. The molecule has 0 amide bonds. The summed E-state index contributed by atoms with van der Waals surface area (Å²) in [4.78, 5) is 35.9. The SMILES string of the molecule is CNC[C@@H](O)COc1ccc(Cl)c(-c2nc(C(C(C)=O)=C(C)N)c(C)c(N3CC4(CC(OC(=O)OC)C4)C3)n2)c1. The summed E-state index contributed by atoms with van der Waals surface area (Å²) in [5.41, 5.74) is 8.55. The monoisotopic (exact) mass is 573 g/mol. The molecule has 1 aliphatic heterocycles. The summed E-state index contributed by atoms with van der Waals surface area (Å²) in [6.45, 7) is 6.91. The normalized spacial score (nSPS) is 17.4. The number of anilines is 1. The molecule has 0 bridgehead atoms. The van der Waals surface area contributed by atoms with E-state index in [4.69, 9.17) is 36.8 Å². The van der Waals surface area contributed by atoms with Gasteiger partial charge in [-0.3, -0.25) is 4.79 Å². The van der Waals surface area contributed by atoms with Gasteiger partial charge in [-0.05, 0) is 58.9 Å². The number of aromatic nitrogens is 2. The van der Waals surface area contributed by atoms with E-state index in [9.17, 15) is 14.7 Å². The molecule has 2 aliphatic rings. The molecule has 12 heteroatoms. The second-order valence-electron chi connectivity index (χ2n) is 10.6. The van der Waals surface area contributed by atoms with Gasteiger partial charge in [0.15, 0.2) is 11.6 Å². The zero-order valence-corrected chi connectivity index (χ0v) is 24.2. The van der Waals surface area contributed by atoms with Gasteiger partial charge in [0.1, 0.15) is 30.4 Å². The molecule has 2 fully saturated rings. The van der Waals surface area contributed by atoms with Crippen molar-refractivity contribution >= 4 is 34.9 Å². The van der Waals surface area contributed by atoms with E-state index in [1.54, 1.807) is 32.2 Å². The summed E-state index contributed by atoms with van der Waals surface area (Å²) in [7, 11) is 3.04. The fourth-order valence-electron chi connectivity index (χ4n) is 5.41. The molecule has 2 aromatic rings. The number of allylic oxidation sites excluding steroid dienone is 2. The van der Waals surface area contributed by atoms with Crippen LogP contribution in [-0.4, -0.2) is 79.6 Å². The number of halogens is 1. The van der Waals surface area contributed by atoms with Crippen LogP contribution >= 0.6 is 11.6 Å². The number of hydrogen-bond donors (Lipinski definition) is 3. The molecule has 1 aliphatic carbocycles. The molecule has 0 unspecified atom stereocenters. The summed E-state index contributed by atoms with van der Waals surface area (Å²) < 4.78 is 15.7. The van der Waals surface area contributed by atoms with Gasteiger partial charge in [0, 0.05) is 41.9 Å². The molecule has 1 saturated heterocycles. The molecule has 216 valence electrons. The van der Waals surface area contributed by atoms with Crippen LogP contribution < -0.4 is 20.7 Å². The van der Waals surface area contributed by atoms with E-state index in [-0.39, 0.29) is 23.9 Å². The number of ketones is 1. The standard InChI is InChI=1S/C28H36ClN5O6/c1-15-24(23(16(2)30)17(3)35)32-25(21-8-19(6-7-22(21)29)39-12-18(36)11-31-4)33-26(15)34-13-28(14-34)9-20(10-28)40-27(37)38-5/h6-8,18,20,31,36H,9-14,30H2,1-5H3/t18-/m1/s1. The number of hydrogen-bond acceptors (Lipinski definition) is 11. The maximum atomic E-state index is 12.6. The number of likely N-dealkylation sites (N-methyl/N-ethyl adjacent to an activating group) is 1. The van der Waals surface area contributed by atoms with Crippen LogP contribution in [0.15, 0.2) is 23.9 Å². The lowest BCUT2D eigenvalue weighted by atomic mass is 9.61. The van der Waals surface area contributed by atoms with Crippen molar-refractivity contribution in [1.29, 1.82) is 0 Å². The first-order valence-electron chi connectivity index (χ1n) is 13.1. The van der Waals surface area contributed by atoms with Gasteiger partial charge in [-0.25, -0.2) is 14.8 Å². The third-order valence-corrected chi connectivity index (χ3v) is 7.60. The van der Waals surface area contributed by atoms with E-state index in [1.165, 1.54) is 14.0 Å². The van der Waals surface area contributed by atoms with E-state index in [2.05, 4.69) is 15.0 Å². The van der Waals surface area contributed by atoms with Gasteiger partial charge in [0.05, 0.1) is 23.4 Å². The summed E-state index contributed by atoms with van der Waals surface area (Å²) in [6.07, 6.45) is -0.0253. The van der Waals surface area contributed by atoms with Crippen LogP contribution in [0.2, 0.25) is 5.02 Å². The van der Waals surface area contributed by atoms with Gasteiger partial charge in [0.25, 0.3) is 0 Å². The minimum absolute atomic E-state index is 0.0268. The van der Waals surface area contributed by atoms with E-state index in [0.717, 1.165) is 18.4 Å². The fourth-order valence-corrected chi connectivity index (χ4v) is 5.61. The Kier molecular flexibility index (Phi) is 8.86. The van der Waals surface area contributed by atoms with Crippen molar-refractivity contribution in [2.24, 2.45) is 11.1 Å². The Morgan fingerprint density at radius 3 is 2.58 bits per heavy atom. The van der Waals surface area contributed by atoms with Crippen molar-refractivity contribution in [2.45, 2.75) is 45.8 Å². The number of ether oxygens (including phenoxy) is 3. The smallest absolute Gasteiger partial charge is 0.491 e. The number of rotatable bonds is 10. The molecular weight excluding hydrogens is 538 g/mol. The van der Waals surface area contributed by atoms with E-state index < -0.39 is 12.3 Å². The van der Waals surface area contributed by atoms with Crippen LogP contribution in [0, 0.1) is 12.3 Å². The largest absolute Gasteiger partial charge is 0.508 e. The third-order valence-electron chi connectivity index (χ3n) is 7.27. The zero-order valence-electron chi connectivity index (χ0n) is 23.4. The van der Waals surface area contributed by atoms with Crippen LogP contribution in [0.25, 0.3) is 17.0 Å². The highest BCUT2D eigenvalue weighted by molar-refractivity contribution is 6.33. The van der Waals surface area contributed by atoms with Crippen molar-refractivity contribution in [3.63, 3.8) is 0 Å². The quantitative estimate of drug-likeness (QED) is 0.284. The number of nitrogens with zero attached hydrogens (tertiary/aromatic N) is 3. The first kappa shape index (κ1) is 29.6. The van der Waals surface area contributed by atoms with Crippen molar-refractivity contribution in [3.05, 3.63) is 40.2 Å². The van der Waals surface area contributed by atoms with Crippen LogP contribution in [-0.2, 0) is 14.3 Å². The first-order chi connectivity index (χ1) is 19.0. The predicted octanol–water partition coefficient (Wildman–Crippen LogP) is 3.10. The van der Waals surface area contributed by atoms with Crippen molar-refractivity contribution in [1.82, 2.24) is 15.3 Å². The molecule has 1 aromatic heterocycles. The van der Waals surface area contributed by atoms with Gasteiger partial charge in [-0.15, -0.1) is 0 Å². The number of methoxy groups -OCH3 is 1. The lowest BCUT2D eigenvalue weighted by Gasteiger charge is -2.58. The Balaban J connectivity index is 1.67. The van der Waals surface area contributed by atoms with Crippen LogP contribution in [0.3, 0.4) is 0 Å². The lowest BCUT2D eigenvalue weighted by molar-refractivity contribution is -0.111. The summed E-state index contributed by atoms with van der Waals surface area (Å²) >= 11 is 6.60. The summed E-state index contributed by atoms with van der Waals surface area (Å²) in [6, 6.07) is 5.11. The molecular formula is C28H36ClN5O6. The molecule has 2 heterocycles. The fraction of sp³-hybridized carbons (Fsp3) is 0.500. The Bertz CT molecular complexity index is 1310. The number of aliphatic hydroxyl groups is 1. The number of aliphatic hydroxyl groups excluding tert-OH is 1. The zero-order chi connectivity index (χ0) is 29.2. The topological polar surface area (TPSA) is 149 Å². The minimum atomic E-state index is -0.684. The number of Topliss-reactive ketones (excluding diaryl/α,β-unsaturated/α-hetero) is 1. The number of benzene rings is 1. The van der Waals surface area contributed by atoms with Crippen LogP contribution in [0.5, 0.6) is 5.75 Å². The molecule has 40 heavy (non-hydrogen) atoms. The van der Waals surface area contributed by atoms with E-state index >= 15 is 0 Å². The van der Waals surface area contributed by atoms with Crippen molar-refractivity contribution < 1.29 is 28.9 Å². The number of carbonyl (C=O) groups excluding carboxylic acids is 2. The maximum Gasteiger partial charge on any atom is 0.508 e. The van der Waals surface area contributed by atoms with Gasteiger partial charge < -0.3 is 35.3 Å². The number of nitrogens with one attached hydrogen (secondary N) is 1. The van der Waals surface area contributed by atoms with E-state index in [0.29, 0.717) is 64.6 Å². The van der Waals surface area contributed by atoms with Crippen LogP contribution in [0.1, 0.15) is 37.9 Å². The summed E-state index contributed by atoms with van der Waals surface area (Å²) in [5.74, 6) is 1.29. The molecule has 1 spiro atoms. The number of nitrogens with two attached hydrogens (primary N) is 1. The Morgan fingerprint density at radius 1 is 1.27 bits per heavy atom. The molecule has 0 radical (unpaired) electrons. The average molecular weight is 574 g/mol. The second-order valence-corrected chi connectivity index (χ2v) is 11.0. The maximum absolute atomic E-state index is 12.6. The highest BCUT2D eigenvalue weighted by Gasteiger charge is 2.54. The molecule has 1 saturated carbocycles. The lowest BCUT2D eigenvalue weighted by Crippen LogP contribution is -2.64. The van der Waals surface area contributed by atoms with E-state index in [1.807, 2.05) is 6.92 Å². The van der Waals surface area contributed by atoms with Crippen molar-refractivity contribution in [2.75, 3.05) is 45.3 Å². The third kappa shape index (κ3) is 6.16. The number of carbonyl (C=O) groups is 2. The Labute approximate surface area is 238 Å². The molecule has 4 rings (SSSR count). The van der Waals surface area contributed by atoms with Gasteiger partial charge in [-0.1, -0.05) is 11.6 Å². The first-order valence-corrected chi connectivity index (χ1v) is 13.5. The minimum Gasteiger partial charge on any atom is -0.491 e.